The van der Waals surface area contributed by atoms with Gasteiger partial charge in [0, 0.05) is 66.0 Å². The Morgan fingerprint density at radius 2 is 1.10 bits per heavy atom. The fourth-order valence-electron chi connectivity index (χ4n) is 10.2. The van der Waals surface area contributed by atoms with Crippen LogP contribution in [0.2, 0.25) is 0 Å². The second-order valence-electron chi connectivity index (χ2n) is 21.2. The van der Waals surface area contributed by atoms with E-state index in [0.717, 1.165) is 94.4 Å². The Morgan fingerprint density at radius 3 is 1.82 bits per heavy atom. The molecule has 3 heterocycles. The summed E-state index contributed by atoms with van der Waals surface area (Å²) in [6, 6.07) is 70.4. The number of aromatic hydroxyl groups is 1. The van der Waals surface area contributed by atoms with E-state index in [1.807, 2.05) is 6.20 Å². The summed E-state index contributed by atoms with van der Waals surface area (Å²) in [6.07, 6.45) is 2.03. The molecule has 0 aliphatic carbocycles. The molecular weight excluding hydrogens is 1050 g/mol. The predicted molar refractivity (Wildman–Crippen MR) is 291 cm³/mol. The normalized spacial score (nSPS) is 12.2. The van der Waals surface area contributed by atoms with Gasteiger partial charge in [0.15, 0.2) is 0 Å². The molecule has 0 amide bonds. The molecule has 0 fully saturated rings. The van der Waals surface area contributed by atoms with Crippen LogP contribution in [0.1, 0.15) is 77.6 Å². The Hall–Kier alpha value is -7.33. The standard InChI is InChI=1S/C65H57N4O.Pt/c1-63(2,3)46-38-52(61(70)54(39-46)64(4,5)6)62-67-60-50(31-22-34-58(60)69(62)56-32-20-18-29-49(56)42-23-12-9-13-24-42)43-35-44(37-47(36-43)65(7,8)45-25-14-10-15-26-45)55-40-59-53(41-66-55)51-30-19-21-33-57(51)68(59)48-27-16-11-17-28-48;/h9-34,36-41,70H,1-8H3;/q-1;. The first-order chi connectivity index (χ1) is 33.7. The molecule has 0 atom stereocenters. The van der Waals surface area contributed by atoms with Gasteiger partial charge in [-0.05, 0) is 70.0 Å². The number of nitrogens with zero attached hydrogens (tertiary/aromatic N) is 4. The smallest absolute Gasteiger partial charge is 0.148 e. The van der Waals surface area contributed by atoms with Crippen molar-refractivity contribution in [3.05, 3.63) is 223 Å². The van der Waals surface area contributed by atoms with Crippen LogP contribution in [0.5, 0.6) is 5.75 Å². The van der Waals surface area contributed by atoms with E-state index in [0.29, 0.717) is 11.4 Å². The summed E-state index contributed by atoms with van der Waals surface area (Å²) in [5, 5.41) is 14.8. The second-order valence-corrected chi connectivity index (χ2v) is 21.2. The number of hydrogen-bond acceptors (Lipinski definition) is 3. The van der Waals surface area contributed by atoms with Crippen LogP contribution < -0.4 is 0 Å². The molecule has 354 valence electrons. The van der Waals surface area contributed by atoms with Gasteiger partial charge >= 0.3 is 0 Å². The van der Waals surface area contributed by atoms with Crippen LogP contribution in [0.25, 0.3) is 89.1 Å². The molecule has 11 rings (SSSR count). The Bertz CT molecular complexity index is 3760. The number of rotatable bonds is 8. The number of imidazole rings is 1. The van der Waals surface area contributed by atoms with Gasteiger partial charge in [-0.1, -0.05) is 200 Å². The molecule has 1 N–H and O–H groups in total. The van der Waals surface area contributed by atoms with Crippen molar-refractivity contribution in [3.8, 4) is 62.0 Å². The van der Waals surface area contributed by atoms with Crippen molar-refractivity contribution in [1.82, 2.24) is 19.1 Å². The Labute approximate surface area is 431 Å². The second kappa shape index (κ2) is 18.1. The molecule has 0 radical (unpaired) electrons. The maximum atomic E-state index is 12.6. The predicted octanol–water partition coefficient (Wildman–Crippen LogP) is 16.6. The largest absolute Gasteiger partial charge is 0.507 e. The Balaban J connectivity index is 0.00000582. The summed E-state index contributed by atoms with van der Waals surface area (Å²) in [6.45, 7) is 17.8. The van der Waals surface area contributed by atoms with Crippen molar-refractivity contribution in [1.29, 1.82) is 0 Å². The van der Waals surface area contributed by atoms with Gasteiger partial charge in [-0.3, -0.25) is 9.55 Å². The number of aromatic nitrogens is 4. The Morgan fingerprint density at radius 1 is 0.479 bits per heavy atom. The van der Waals surface area contributed by atoms with Gasteiger partial charge in [-0.15, -0.1) is 29.3 Å². The molecule has 0 bridgehead atoms. The van der Waals surface area contributed by atoms with Crippen LogP contribution in [0.15, 0.2) is 194 Å². The third-order valence-electron chi connectivity index (χ3n) is 14.2. The van der Waals surface area contributed by atoms with Crippen LogP contribution >= 0.6 is 0 Å². The summed E-state index contributed by atoms with van der Waals surface area (Å²) < 4.78 is 4.59. The van der Waals surface area contributed by atoms with Gasteiger partial charge in [-0.2, -0.15) is 0 Å². The van der Waals surface area contributed by atoms with Gasteiger partial charge in [0.1, 0.15) is 11.6 Å². The summed E-state index contributed by atoms with van der Waals surface area (Å²) >= 11 is 0. The van der Waals surface area contributed by atoms with E-state index in [4.69, 9.17) is 9.97 Å². The average Bonchev–Trinajstić information content (AvgIpc) is 3.92. The van der Waals surface area contributed by atoms with Crippen LogP contribution in [0.4, 0.5) is 0 Å². The fraction of sp³-hybridized carbons (Fsp3) is 0.169. The zero-order valence-corrected chi connectivity index (χ0v) is 43.8. The maximum absolute atomic E-state index is 12.6. The quantitative estimate of drug-likeness (QED) is 0.154. The van der Waals surface area contributed by atoms with Crippen molar-refractivity contribution in [2.75, 3.05) is 0 Å². The molecule has 0 unspecified atom stereocenters. The van der Waals surface area contributed by atoms with E-state index in [2.05, 4.69) is 259 Å². The third-order valence-corrected chi connectivity index (χ3v) is 14.2. The molecule has 8 aromatic carbocycles. The third kappa shape index (κ3) is 8.40. The van der Waals surface area contributed by atoms with E-state index < -0.39 is 5.41 Å². The summed E-state index contributed by atoms with van der Waals surface area (Å²) in [4.78, 5) is 10.9. The molecule has 0 aliphatic rings. The average molecular weight is 1110 g/mol. The number of benzene rings is 8. The fourth-order valence-corrected chi connectivity index (χ4v) is 10.2. The zero-order valence-electron chi connectivity index (χ0n) is 41.5. The number of pyridine rings is 1. The van der Waals surface area contributed by atoms with Gasteiger partial charge in [0.25, 0.3) is 0 Å². The van der Waals surface area contributed by atoms with Crippen molar-refractivity contribution >= 4 is 32.8 Å². The van der Waals surface area contributed by atoms with Crippen LogP contribution in [0, 0.1) is 6.07 Å². The van der Waals surface area contributed by atoms with Crippen LogP contribution in [-0.2, 0) is 37.3 Å². The van der Waals surface area contributed by atoms with Crippen molar-refractivity contribution in [2.24, 2.45) is 0 Å². The molecule has 11 aromatic rings. The molecule has 5 nitrogen and oxygen atoms in total. The van der Waals surface area contributed by atoms with Gasteiger partial charge in [-0.25, -0.2) is 4.98 Å². The number of phenolic OH excluding ortho intramolecular Hbond substituents is 1. The van der Waals surface area contributed by atoms with E-state index in [1.165, 1.54) is 5.56 Å². The van der Waals surface area contributed by atoms with Crippen LogP contribution in [0.3, 0.4) is 0 Å². The zero-order chi connectivity index (χ0) is 48.5. The molecule has 0 saturated carbocycles. The molecule has 0 spiro atoms. The first kappa shape index (κ1) is 47.4. The van der Waals surface area contributed by atoms with Crippen molar-refractivity contribution < 1.29 is 26.2 Å². The Kier molecular flexibility index (Phi) is 12.1. The van der Waals surface area contributed by atoms with Crippen molar-refractivity contribution in [2.45, 2.75) is 71.6 Å². The molecule has 6 heteroatoms. The molecule has 3 aromatic heterocycles. The molecule has 0 saturated heterocycles. The first-order valence-corrected chi connectivity index (χ1v) is 24.3. The molecular formula is C65H57N4OPt-. The minimum Gasteiger partial charge on any atom is -0.507 e. The van der Waals surface area contributed by atoms with E-state index in [9.17, 15) is 5.11 Å². The van der Waals surface area contributed by atoms with Gasteiger partial charge < -0.3 is 9.67 Å². The molecule has 71 heavy (non-hydrogen) atoms. The monoisotopic (exact) mass is 1100 g/mol. The van der Waals surface area contributed by atoms with Crippen LogP contribution in [-0.4, -0.2) is 24.2 Å². The number of hydrogen-bond donors (Lipinski definition) is 1. The minimum atomic E-state index is -0.390. The summed E-state index contributed by atoms with van der Waals surface area (Å²) in [5.41, 5.74) is 15.8. The summed E-state index contributed by atoms with van der Waals surface area (Å²) in [7, 11) is 0. The van der Waals surface area contributed by atoms with Gasteiger partial charge in [0.2, 0.25) is 0 Å². The first-order valence-electron chi connectivity index (χ1n) is 24.3. The SMILES string of the molecule is CC(C)(C)c1cc(-c2nc3c(-c4[c-]c(-c5cc6c(cn5)c5ccccc5n6-c5ccccc5)cc(C(C)(C)c5ccccc5)c4)cccc3n2-c2ccccc2-c2ccccc2)c(O)c(C(C)(C)C)c1.[Pt]. The number of phenols is 1. The topological polar surface area (TPSA) is 55.9 Å². The van der Waals surface area contributed by atoms with E-state index in [-0.39, 0.29) is 37.6 Å². The van der Waals surface area contributed by atoms with E-state index in [1.54, 1.807) is 0 Å². The summed E-state index contributed by atoms with van der Waals surface area (Å²) in [5.74, 6) is 0.910. The van der Waals surface area contributed by atoms with Crippen molar-refractivity contribution in [3.63, 3.8) is 0 Å². The minimum absolute atomic E-state index is 0. The maximum Gasteiger partial charge on any atom is 0.148 e. The van der Waals surface area contributed by atoms with E-state index >= 15 is 0 Å². The van der Waals surface area contributed by atoms with Gasteiger partial charge in [0.05, 0.1) is 33.3 Å². The number of para-hydroxylation sites is 4. The molecule has 0 aliphatic heterocycles. The number of fused-ring (bicyclic) bond motifs is 4.